The van der Waals surface area contributed by atoms with Crippen molar-refractivity contribution in [2.45, 2.75) is 18.8 Å². The number of phenolic OH excluding ortho intramolecular Hbond substituents is 1. The molecule has 1 saturated carbocycles. The molecule has 34 heavy (non-hydrogen) atoms. The van der Waals surface area contributed by atoms with Crippen LogP contribution in [-0.2, 0) is 0 Å². The van der Waals surface area contributed by atoms with E-state index in [1.165, 1.54) is 0 Å². The summed E-state index contributed by atoms with van der Waals surface area (Å²) in [5.41, 5.74) is 2.96. The standard InChI is InChI=1S/C25H24N6O3/c32-21-5-2-1-4-20(21)29-11-13-30(14-12-29)24(33)18-16-27-31(23(18)17-7-8-17)25-26-10-9-19(28-25)22-6-3-15-34-22/h1-6,9-10,15-17,32H,7-8,11-14H2. The summed E-state index contributed by atoms with van der Waals surface area (Å²) in [6.45, 7) is 2.47. The third-order valence-corrected chi connectivity index (χ3v) is 6.40. The molecule has 2 fully saturated rings. The van der Waals surface area contributed by atoms with Crippen LogP contribution in [0.15, 0.2) is 65.5 Å². The minimum atomic E-state index is -0.0210. The van der Waals surface area contributed by atoms with E-state index in [4.69, 9.17) is 4.42 Å². The maximum Gasteiger partial charge on any atom is 0.257 e. The summed E-state index contributed by atoms with van der Waals surface area (Å²) in [4.78, 5) is 26.5. The second-order valence-corrected chi connectivity index (χ2v) is 8.62. The number of nitrogens with zero attached hydrogens (tertiary/aromatic N) is 6. The lowest BCUT2D eigenvalue weighted by molar-refractivity contribution is 0.0745. The molecule has 1 aromatic carbocycles. The van der Waals surface area contributed by atoms with Gasteiger partial charge in [-0.2, -0.15) is 5.10 Å². The molecule has 6 rings (SSSR count). The van der Waals surface area contributed by atoms with Crippen LogP contribution >= 0.6 is 0 Å². The normalized spacial score (nSPS) is 16.1. The molecule has 172 valence electrons. The average molecular weight is 457 g/mol. The van der Waals surface area contributed by atoms with E-state index in [2.05, 4.69) is 20.0 Å². The molecular weight excluding hydrogens is 432 g/mol. The molecule has 3 aromatic heterocycles. The maximum absolute atomic E-state index is 13.5. The predicted octanol–water partition coefficient (Wildman–Crippen LogP) is 3.47. The van der Waals surface area contributed by atoms with Crippen molar-refractivity contribution >= 4 is 11.6 Å². The Kier molecular flexibility index (Phi) is 5.01. The Morgan fingerprint density at radius 1 is 1.03 bits per heavy atom. The highest BCUT2D eigenvalue weighted by molar-refractivity contribution is 5.95. The Morgan fingerprint density at radius 2 is 1.85 bits per heavy atom. The van der Waals surface area contributed by atoms with Crippen LogP contribution in [0, 0.1) is 0 Å². The molecule has 0 atom stereocenters. The number of aromatic hydroxyl groups is 1. The van der Waals surface area contributed by atoms with Gasteiger partial charge < -0.3 is 19.3 Å². The average Bonchev–Trinajstić information content (AvgIpc) is 3.38. The van der Waals surface area contributed by atoms with Crippen LogP contribution < -0.4 is 4.90 Å². The van der Waals surface area contributed by atoms with Crippen LogP contribution in [0.1, 0.15) is 34.8 Å². The molecular formula is C25H24N6O3. The zero-order valence-corrected chi connectivity index (χ0v) is 18.5. The van der Waals surface area contributed by atoms with E-state index in [9.17, 15) is 9.90 Å². The fraction of sp³-hybridized carbons (Fsp3) is 0.280. The highest BCUT2D eigenvalue weighted by atomic mass is 16.3. The number of carbonyl (C=O) groups excluding carboxylic acids is 1. The van der Waals surface area contributed by atoms with Crippen molar-refractivity contribution in [1.82, 2.24) is 24.6 Å². The highest BCUT2D eigenvalue weighted by Gasteiger charge is 2.35. The van der Waals surface area contributed by atoms with Gasteiger partial charge in [0.1, 0.15) is 11.4 Å². The zero-order chi connectivity index (χ0) is 23.1. The van der Waals surface area contributed by atoms with Crippen molar-refractivity contribution in [3.8, 4) is 23.2 Å². The largest absolute Gasteiger partial charge is 0.506 e. The minimum absolute atomic E-state index is 0.0210. The molecule has 9 heteroatoms. The molecule has 2 aliphatic rings. The number of carbonyl (C=O) groups is 1. The Bertz CT molecular complexity index is 1320. The van der Waals surface area contributed by atoms with E-state index in [0.29, 0.717) is 49.1 Å². The quantitative estimate of drug-likeness (QED) is 0.491. The predicted molar refractivity (Wildman–Crippen MR) is 125 cm³/mol. The molecule has 1 amide bonds. The van der Waals surface area contributed by atoms with E-state index in [-0.39, 0.29) is 17.6 Å². The number of aromatic nitrogens is 4. The number of benzene rings is 1. The second-order valence-electron chi connectivity index (χ2n) is 8.62. The van der Waals surface area contributed by atoms with E-state index in [1.54, 1.807) is 35.5 Å². The molecule has 0 unspecified atom stereocenters. The molecule has 4 heterocycles. The number of amides is 1. The van der Waals surface area contributed by atoms with E-state index >= 15 is 0 Å². The van der Waals surface area contributed by atoms with E-state index in [0.717, 1.165) is 24.2 Å². The number of furan rings is 1. The van der Waals surface area contributed by atoms with E-state index in [1.807, 2.05) is 35.2 Å². The molecule has 9 nitrogen and oxygen atoms in total. The topological polar surface area (TPSA) is 101 Å². The Balaban J connectivity index is 1.25. The lowest BCUT2D eigenvalue weighted by atomic mass is 10.1. The summed E-state index contributed by atoms with van der Waals surface area (Å²) in [5, 5.41) is 14.7. The van der Waals surface area contributed by atoms with Gasteiger partial charge in [-0.3, -0.25) is 4.79 Å². The van der Waals surface area contributed by atoms with Crippen molar-refractivity contribution in [3.63, 3.8) is 0 Å². The summed E-state index contributed by atoms with van der Waals surface area (Å²) in [6.07, 6.45) is 6.97. The Labute approximate surface area is 196 Å². The van der Waals surface area contributed by atoms with Gasteiger partial charge in [-0.1, -0.05) is 12.1 Å². The van der Waals surface area contributed by atoms with Gasteiger partial charge in [0.25, 0.3) is 11.9 Å². The number of para-hydroxylation sites is 2. The first-order valence-electron chi connectivity index (χ1n) is 11.5. The Morgan fingerprint density at radius 3 is 2.59 bits per heavy atom. The minimum Gasteiger partial charge on any atom is -0.506 e. The van der Waals surface area contributed by atoms with Crippen molar-refractivity contribution in [1.29, 1.82) is 0 Å². The van der Waals surface area contributed by atoms with Gasteiger partial charge in [-0.15, -0.1) is 0 Å². The summed E-state index contributed by atoms with van der Waals surface area (Å²) >= 11 is 0. The first-order valence-corrected chi connectivity index (χ1v) is 11.5. The van der Waals surface area contributed by atoms with Gasteiger partial charge in [0.2, 0.25) is 0 Å². The molecule has 0 bridgehead atoms. The van der Waals surface area contributed by atoms with Crippen molar-refractivity contribution in [2.24, 2.45) is 0 Å². The van der Waals surface area contributed by atoms with Crippen molar-refractivity contribution < 1.29 is 14.3 Å². The smallest absolute Gasteiger partial charge is 0.257 e. The molecule has 4 aromatic rings. The molecule has 1 aliphatic carbocycles. The first-order chi connectivity index (χ1) is 16.7. The molecule has 1 aliphatic heterocycles. The van der Waals surface area contributed by atoms with Crippen molar-refractivity contribution in [3.05, 3.63) is 72.4 Å². The third-order valence-electron chi connectivity index (χ3n) is 6.40. The van der Waals surface area contributed by atoms with E-state index < -0.39 is 0 Å². The maximum atomic E-state index is 13.5. The summed E-state index contributed by atoms with van der Waals surface area (Å²) in [5.74, 6) is 1.60. The number of piperazine rings is 1. The number of anilines is 1. The van der Waals surface area contributed by atoms with Gasteiger partial charge in [0, 0.05) is 38.3 Å². The van der Waals surface area contributed by atoms with Crippen LogP contribution in [0.5, 0.6) is 5.75 Å². The van der Waals surface area contributed by atoms with Gasteiger partial charge in [-0.05, 0) is 43.2 Å². The van der Waals surface area contributed by atoms with Crippen LogP contribution in [-0.4, -0.2) is 61.8 Å². The lowest BCUT2D eigenvalue weighted by Gasteiger charge is -2.36. The zero-order valence-electron chi connectivity index (χ0n) is 18.5. The van der Waals surface area contributed by atoms with Crippen LogP contribution in [0.2, 0.25) is 0 Å². The number of phenols is 1. The summed E-state index contributed by atoms with van der Waals surface area (Å²) < 4.78 is 7.17. The SMILES string of the molecule is O=C(c1cnn(-c2nccc(-c3ccco3)n2)c1C1CC1)N1CCN(c2ccccc2O)CC1. The second kappa shape index (κ2) is 8.33. The van der Waals surface area contributed by atoms with Crippen molar-refractivity contribution in [2.75, 3.05) is 31.1 Å². The monoisotopic (exact) mass is 456 g/mol. The number of rotatable bonds is 5. The van der Waals surface area contributed by atoms with Crippen LogP contribution in [0.4, 0.5) is 5.69 Å². The molecule has 1 saturated heterocycles. The summed E-state index contributed by atoms with van der Waals surface area (Å²) in [6, 6.07) is 12.8. The highest BCUT2D eigenvalue weighted by Crippen LogP contribution is 2.42. The first kappa shape index (κ1) is 20.5. The summed E-state index contributed by atoms with van der Waals surface area (Å²) in [7, 11) is 0. The van der Waals surface area contributed by atoms with Gasteiger partial charge in [0.15, 0.2) is 5.76 Å². The molecule has 1 N–H and O–H groups in total. The van der Waals surface area contributed by atoms with Crippen LogP contribution in [0.25, 0.3) is 17.4 Å². The Hall–Kier alpha value is -4.14. The fourth-order valence-corrected chi connectivity index (χ4v) is 4.50. The van der Waals surface area contributed by atoms with Gasteiger partial charge >= 0.3 is 0 Å². The lowest BCUT2D eigenvalue weighted by Crippen LogP contribution is -2.49. The van der Waals surface area contributed by atoms with Crippen LogP contribution in [0.3, 0.4) is 0 Å². The van der Waals surface area contributed by atoms with Gasteiger partial charge in [-0.25, -0.2) is 14.6 Å². The molecule has 0 radical (unpaired) electrons. The molecule has 0 spiro atoms. The number of hydrogen-bond donors (Lipinski definition) is 1. The number of hydrogen-bond acceptors (Lipinski definition) is 7. The van der Waals surface area contributed by atoms with Gasteiger partial charge in [0.05, 0.1) is 29.4 Å². The fourth-order valence-electron chi connectivity index (χ4n) is 4.50. The third kappa shape index (κ3) is 3.68.